The number of unbranched alkanes of at least 4 members (excludes halogenated alkanes) is 1. The Hall–Kier alpha value is -1.56. The van der Waals surface area contributed by atoms with Crippen molar-refractivity contribution in [1.82, 2.24) is 25.3 Å². The number of hydrogen-bond acceptors (Lipinski definition) is 3. The molecule has 148 valence electrons. The first-order valence-corrected chi connectivity index (χ1v) is 10.1. The Labute approximate surface area is 159 Å². The molecule has 2 heterocycles. The van der Waals surface area contributed by atoms with Crippen LogP contribution in [0, 0.1) is 25.7 Å². The Morgan fingerprint density at radius 2 is 1.85 bits per heavy atom. The average molecular weight is 363 g/mol. The fourth-order valence-corrected chi connectivity index (χ4v) is 4.11. The number of nitrogens with one attached hydrogen (secondary N) is 2. The molecule has 1 aromatic rings. The summed E-state index contributed by atoms with van der Waals surface area (Å²) in [5.74, 6) is 2.56. The van der Waals surface area contributed by atoms with E-state index in [-0.39, 0.29) is 0 Å². The van der Waals surface area contributed by atoms with Crippen LogP contribution in [-0.4, -0.2) is 53.9 Å². The molecule has 6 nitrogen and oxygen atoms in total. The lowest BCUT2D eigenvalue weighted by molar-refractivity contribution is 0.139. The van der Waals surface area contributed by atoms with Crippen LogP contribution >= 0.6 is 0 Å². The maximum atomic E-state index is 4.47. The summed E-state index contributed by atoms with van der Waals surface area (Å²) >= 11 is 0. The third kappa shape index (κ3) is 6.01. The van der Waals surface area contributed by atoms with E-state index in [0.29, 0.717) is 0 Å². The second kappa shape index (κ2) is 9.95. The van der Waals surface area contributed by atoms with Gasteiger partial charge >= 0.3 is 0 Å². The third-order valence-electron chi connectivity index (χ3n) is 5.45. The summed E-state index contributed by atoms with van der Waals surface area (Å²) in [5.41, 5.74) is 3.54. The van der Waals surface area contributed by atoms with E-state index in [4.69, 9.17) is 0 Å². The number of rotatable bonds is 7. The first kappa shape index (κ1) is 20.7. The van der Waals surface area contributed by atoms with Crippen molar-refractivity contribution >= 4 is 5.96 Å². The molecule has 1 aliphatic rings. The lowest BCUT2D eigenvalue weighted by Crippen LogP contribution is -2.40. The van der Waals surface area contributed by atoms with E-state index >= 15 is 0 Å². The largest absolute Gasteiger partial charge is 0.356 e. The molecule has 0 radical (unpaired) electrons. The van der Waals surface area contributed by atoms with Gasteiger partial charge in [0.2, 0.25) is 0 Å². The summed E-state index contributed by atoms with van der Waals surface area (Å²) in [4.78, 5) is 6.97. The molecular weight excluding hydrogens is 324 g/mol. The van der Waals surface area contributed by atoms with Gasteiger partial charge in [0.25, 0.3) is 0 Å². The van der Waals surface area contributed by atoms with Gasteiger partial charge in [-0.25, -0.2) is 0 Å². The van der Waals surface area contributed by atoms with Crippen LogP contribution in [0.5, 0.6) is 0 Å². The van der Waals surface area contributed by atoms with Crippen LogP contribution in [-0.2, 0) is 13.6 Å². The van der Waals surface area contributed by atoms with Crippen LogP contribution in [0.4, 0.5) is 0 Å². The normalized spacial score (nSPS) is 21.8. The lowest BCUT2D eigenvalue weighted by atomic mass is 9.92. The number of likely N-dealkylation sites (tertiary alicyclic amines) is 1. The van der Waals surface area contributed by atoms with Crippen LogP contribution in [0.1, 0.15) is 50.1 Å². The first-order valence-electron chi connectivity index (χ1n) is 10.1. The number of guanidine groups is 1. The number of aromatic nitrogens is 2. The van der Waals surface area contributed by atoms with E-state index in [1.807, 2.05) is 18.8 Å². The van der Waals surface area contributed by atoms with Crippen molar-refractivity contribution < 1.29 is 0 Å². The molecule has 2 unspecified atom stereocenters. The topological polar surface area (TPSA) is 57.5 Å². The van der Waals surface area contributed by atoms with Gasteiger partial charge in [0.05, 0.1) is 5.69 Å². The fraction of sp³-hybridized carbons (Fsp3) is 0.800. The monoisotopic (exact) mass is 362 g/mol. The minimum absolute atomic E-state index is 0.759. The van der Waals surface area contributed by atoms with Gasteiger partial charge in [0.15, 0.2) is 5.96 Å². The second-order valence-electron chi connectivity index (χ2n) is 8.04. The molecule has 1 aromatic heterocycles. The summed E-state index contributed by atoms with van der Waals surface area (Å²) in [7, 11) is 3.82. The number of piperidine rings is 1. The Kier molecular flexibility index (Phi) is 7.94. The Morgan fingerprint density at radius 1 is 1.15 bits per heavy atom. The zero-order valence-corrected chi connectivity index (χ0v) is 17.6. The standard InChI is InChI=1S/C20H38N6/c1-15-11-16(2)14-26(13-15)10-8-7-9-22-20(21-5)23-12-19-17(3)24-25(6)18(19)4/h15-16H,7-14H2,1-6H3,(H2,21,22,23). The average Bonchev–Trinajstić information content (AvgIpc) is 2.82. The van der Waals surface area contributed by atoms with Crippen molar-refractivity contribution in [3.8, 4) is 0 Å². The van der Waals surface area contributed by atoms with Gasteiger partial charge in [-0.2, -0.15) is 5.10 Å². The van der Waals surface area contributed by atoms with Gasteiger partial charge in [0, 0.05) is 51.5 Å². The SMILES string of the molecule is CN=C(NCCCCN1CC(C)CC(C)C1)NCc1c(C)nn(C)c1C. The maximum Gasteiger partial charge on any atom is 0.191 e. The van der Waals surface area contributed by atoms with Gasteiger partial charge in [-0.3, -0.25) is 9.67 Å². The number of nitrogens with zero attached hydrogens (tertiary/aromatic N) is 4. The molecule has 26 heavy (non-hydrogen) atoms. The zero-order chi connectivity index (χ0) is 19.1. The summed E-state index contributed by atoms with van der Waals surface area (Å²) in [6.07, 6.45) is 3.80. The Bertz CT molecular complexity index is 581. The van der Waals surface area contributed by atoms with Crippen molar-refractivity contribution in [2.75, 3.05) is 33.2 Å². The minimum Gasteiger partial charge on any atom is -0.356 e. The quantitative estimate of drug-likeness (QED) is 0.444. The smallest absolute Gasteiger partial charge is 0.191 e. The Morgan fingerprint density at radius 3 is 2.42 bits per heavy atom. The molecule has 0 amide bonds. The second-order valence-corrected chi connectivity index (χ2v) is 8.04. The van der Waals surface area contributed by atoms with E-state index in [9.17, 15) is 0 Å². The van der Waals surface area contributed by atoms with Gasteiger partial charge in [-0.05, 0) is 51.5 Å². The molecule has 2 N–H and O–H groups in total. The summed E-state index contributed by atoms with van der Waals surface area (Å²) in [6.45, 7) is 14.4. The lowest BCUT2D eigenvalue weighted by Gasteiger charge is -2.34. The highest BCUT2D eigenvalue weighted by Crippen LogP contribution is 2.20. The summed E-state index contributed by atoms with van der Waals surface area (Å²) in [5, 5.41) is 11.3. The molecule has 6 heteroatoms. The number of hydrogen-bond donors (Lipinski definition) is 2. The Balaban J connectivity index is 1.64. The molecule has 1 fully saturated rings. The minimum atomic E-state index is 0.759. The molecule has 1 aliphatic heterocycles. The van der Waals surface area contributed by atoms with Crippen molar-refractivity contribution in [2.45, 2.75) is 53.5 Å². The van der Waals surface area contributed by atoms with Crippen LogP contribution < -0.4 is 10.6 Å². The molecule has 0 aliphatic carbocycles. The van der Waals surface area contributed by atoms with Crippen LogP contribution in [0.2, 0.25) is 0 Å². The fourth-order valence-electron chi connectivity index (χ4n) is 4.11. The molecule has 0 aromatic carbocycles. The van der Waals surface area contributed by atoms with E-state index in [0.717, 1.165) is 36.6 Å². The number of aliphatic imine (C=N–C) groups is 1. The predicted octanol–water partition coefficient (Wildman–Crippen LogP) is 2.46. The summed E-state index contributed by atoms with van der Waals surface area (Å²) < 4.78 is 1.94. The zero-order valence-electron chi connectivity index (χ0n) is 17.6. The van der Waals surface area contributed by atoms with Crippen molar-refractivity contribution in [3.05, 3.63) is 17.0 Å². The molecule has 0 spiro atoms. The van der Waals surface area contributed by atoms with Crippen LogP contribution in [0.15, 0.2) is 4.99 Å². The molecule has 0 bridgehead atoms. The summed E-state index contributed by atoms with van der Waals surface area (Å²) in [6, 6.07) is 0. The van der Waals surface area contributed by atoms with Gasteiger partial charge in [0.1, 0.15) is 0 Å². The molecule has 1 saturated heterocycles. The highest BCUT2D eigenvalue weighted by molar-refractivity contribution is 5.79. The van der Waals surface area contributed by atoms with Crippen molar-refractivity contribution in [3.63, 3.8) is 0 Å². The highest BCUT2D eigenvalue weighted by Gasteiger charge is 2.20. The maximum absolute atomic E-state index is 4.47. The predicted molar refractivity (Wildman–Crippen MR) is 110 cm³/mol. The van der Waals surface area contributed by atoms with E-state index in [1.165, 1.54) is 50.2 Å². The van der Waals surface area contributed by atoms with Crippen molar-refractivity contribution in [2.24, 2.45) is 23.9 Å². The third-order valence-corrected chi connectivity index (χ3v) is 5.45. The molecule has 2 atom stereocenters. The van der Waals surface area contributed by atoms with Crippen LogP contribution in [0.3, 0.4) is 0 Å². The van der Waals surface area contributed by atoms with E-state index < -0.39 is 0 Å². The van der Waals surface area contributed by atoms with Gasteiger partial charge < -0.3 is 15.5 Å². The van der Waals surface area contributed by atoms with Crippen LogP contribution in [0.25, 0.3) is 0 Å². The van der Waals surface area contributed by atoms with E-state index in [1.54, 1.807) is 0 Å². The van der Waals surface area contributed by atoms with Gasteiger partial charge in [-0.15, -0.1) is 0 Å². The van der Waals surface area contributed by atoms with E-state index in [2.05, 4.69) is 53.3 Å². The number of aryl methyl sites for hydroxylation is 2. The van der Waals surface area contributed by atoms with Crippen molar-refractivity contribution in [1.29, 1.82) is 0 Å². The molecule has 0 saturated carbocycles. The van der Waals surface area contributed by atoms with Gasteiger partial charge in [-0.1, -0.05) is 13.8 Å². The first-order chi connectivity index (χ1) is 12.4. The molecule has 2 rings (SSSR count). The molecular formula is C20H38N6. The highest BCUT2D eigenvalue weighted by atomic mass is 15.3.